The lowest BCUT2D eigenvalue weighted by Gasteiger charge is -2.05. The molecule has 0 saturated heterocycles. The molecule has 0 fully saturated rings. The highest BCUT2D eigenvalue weighted by Gasteiger charge is 2.08. The van der Waals surface area contributed by atoms with Crippen LogP contribution in [0.2, 0.25) is 0 Å². The van der Waals surface area contributed by atoms with Gasteiger partial charge >= 0.3 is 0 Å². The first kappa shape index (κ1) is 26.5. The summed E-state index contributed by atoms with van der Waals surface area (Å²) < 4.78 is 0. The summed E-state index contributed by atoms with van der Waals surface area (Å²) in [5, 5.41) is 3.36. The van der Waals surface area contributed by atoms with Gasteiger partial charge in [0.2, 0.25) is 0 Å². The number of aromatic nitrogens is 5. The maximum absolute atomic E-state index is 5.87. The predicted molar refractivity (Wildman–Crippen MR) is 141 cm³/mol. The van der Waals surface area contributed by atoms with E-state index in [1.807, 2.05) is 45.3 Å². The Morgan fingerprint density at radius 2 is 1.47 bits per heavy atom. The lowest BCUT2D eigenvalue weighted by atomic mass is 10.1. The molecule has 0 aliphatic carbocycles. The zero-order valence-electron chi connectivity index (χ0n) is 20.5. The van der Waals surface area contributed by atoms with E-state index in [0.717, 1.165) is 64.9 Å². The first-order valence-electron chi connectivity index (χ1n) is 11.6. The van der Waals surface area contributed by atoms with Gasteiger partial charge in [0, 0.05) is 17.3 Å². The van der Waals surface area contributed by atoms with Crippen LogP contribution in [0.1, 0.15) is 51.8 Å². The van der Waals surface area contributed by atoms with Gasteiger partial charge in [-0.2, -0.15) is 0 Å². The number of imidazole rings is 2. The number of hydrogen-bond acceptors (Lipinski definition) is 5. The van der Waals surface area contributed by atoms with Gasteiger partial charge in [-0.3, -0.25) is 4.98 Å². The summed E-state index contributed by atoms with van der Waals surface area (Å²) in [7, 11) is 0. The average molecular weight is 458 g/mol. The standard InChI is InChI=1S/C23H27N7.C2H6.C2H2/c1-3-10-25-14-22-27-12-20(29-22)17-6-4-16(5-7-17)19-9-8-18(11-26-19)21-13-28-23(30-21)15(2)24;2*1-2/h4-9,11-13,15,25H,3,10,14,24H2,1-2H3,(H,27,29)(H,28,30);1-2H3;1-2H/t15-;;/m0../s1. The van der Waals surface area contributed by atoms with Crippen molar-refractivity contribution in [3.63, 3.8) is 0 Å². The molecule has 0 amide bonds. The molecule has 4 rings (SSSR count). The van der Waals surface area contributed by atoms with E-state index in [4.69, 9.17) is 5.73 Å². The number of nitrogens with two attached hydrogens (primary N) is 1. The van der Waals surface area contributed by atoms with Crippen molar-refractivity contribution in [3.05, 3.63) is 66.6 Å². The highest BCUT2D eigenvalue weighted by Crippen LogP contribution is 2.25. The van der Waals surface area contributed by atoms with Crippen LogP contribution >= 0.6 is 0 Å². The molecule has 0 unspecified atom stereocenters. The third kappa shape index (κ3) is 6.88. The molecule has 7 nitrogen and oxygen atoms in total. The van der Waals surface area contributed by atoms with Crippen LogP contribution in [0.25, 0.3) is 33.8 Å². The molecule has 0 saturated carbocycles. The van der Waals surface area contributed by atoms with E-state index in [-0.39, 0.29) is 6.04 Å². The van der Waals surface area contributed by atoms with Gasteiger partial charge in [-0.25, -0.2) is 9.97 Å². The highest BCUT2D eigenvalue weighted by atomic mass is 15.0. The molecular weight excluding hydrogens is 422 g/mol. The minimum absolute atomic E-state index is 0.122. The number of H-pyrrole nitrogens is 2. The van der Waals surface area contributed by atoms with Gasteiger partial charge in [0.25, 0.3) is 0 Å². The van der Waals surface area contributed by atoms with Gasteiger partial charge < -0.3 is 21.0 Å². The summed E-state index contributed by atoms with van der Waals surface area (Å²) in [6, 6.07) is 12.3. The molecule has 1 aromatic carbocycles. The third-order valence-electron chi connectivity index (χ3n) is 4.94. The summed E-state index contributed by atoms with van der Waals surface area (Å²) in [6.45, 7) is 9.80. The number of benzene rings is 1. The molecule has 3 aromatic heterocycles. The Kier molecular flexibility index (Phi) is 10.7. The van der Waals surface area contributed by atoms with Crippen molar-refractivity contribution in [3.8, 4) is 46.6 Å². The van der Waals surface area contributed by atoms with Crippen LogP contribution < -0.4 is 11.1 Å². The molecular formula is C27H35N7. The van der Waals surface area contributed by atoms with Crippen molar-refractivity contribution in [2.24, 2.45) is 5.73 Å². The first-order chi connectivity index (χ1) is 16.6. The Morgan fingerprint density at radius 1 is 0.853 bits per heavy atom. The van der Waals surface area contributed by atoms with Crippen molar-refractivity contribution in [1.82, 2.24) is 30.2 Å². The zero-order valence-corrected chi connectivity index (χ0v) is 20.5. The number of rotatable bonds is 8. The minimum atomic E-state index is -0.122. The number of aromatic amines is 2. The highest BCUT2D eigenvalue weighted by molar-refractivity contribution is 5.68. The largest absolute Gasteiger partial charge is 0.341 e. The van der Waals surface area contributed by atoms with Gasteiger partial charge in [-0.15, -0.1) is 12.8 Å². The van der Waals surface area contributed by atoms with Crippen LogP contribution in [0.5, 0.6) is 0 Å². The minimum Gasteiger partial charge on any atom is -0.341 e. The molecule has 7 heteroatoms. The molecule has 34 heavy (non-hydrogen) atoms. The topological polar surface area (TPSA) is 108 Å². The number of nitrogens with zero attached hydrogens (tertiary/aromatic N) is 3. The zero-order chi connectivity index (χ0) is 24.9. The van der Waals surface area contributed by atoms with Crippen LogP contribution in [0, 0.1) is 12.8 Å². The molecule has 3 heterocycles. The quantitative estimate of drug-likeness (QED) is 0.211. The van der Waals surface area contributed by atoms with Gasteiger partial charge in [-0.1, -0.05) is 45.0 Å². The summed E-state index contributed by atoms with van der Waals surface area (Å²) in [6.07, 6.45) is 14.6. The maximum Gasteiger partial charge on any atom is 0.123 e. The fourth-order valence-electron chi connectivity index (χ4n) is 3.24. The molecule has 0 aliphatic rings. The molecule has 178 valence electrons. The summed E-state index contributed by atoms with van der Waals surface area (Å²) in [4.78, 5) is 20.0. The van der Waals surface area contributed by atoms with E-state index in [1.165, 1.54) is 0 Å². The number of pyridine rings is 1. The van der Waals surface area contributed by atoms with E-state index in [0.29, 0.717) is 0 Å². The smallest absolute Gasteiger partial charge is 0.123 e. The predicted octanol–water partition coefficient (Wildman–Crippen LogP) is 5.32. The SMILES string of the molecule is C#C.CC.CCCNCc1ncc(-c2ccc(-c3ccc(-c4cnc([C@H](C)N)[nH]4)cn3)cc2)[nH]1. The lowest BCUT2D eigenvalue weighted by molar-refractivity contribution is 0.655. The van der Waals surface area contributed by atoms with Crippen LogP contribution in [0.3, 0.4) is 0 Å². The van der Waals surface area contributed by atoms with E-state index >= 15 is 0 Å². The monoisotopic (exact) mass is 457 g/mol. The Hall–Kier alpha value is -3.73. The second kappa shape index (κ2) is 13.7. The second-order valence-corrected chi connectivity index (χ2v) is 7.40. The molecule has 0 radical (unpaired) electrons. The first-order valence-corrected chi connectivity index (χ1v) is 11.6. The van der Waals surface area contributed by atoms with Crippen molar-refractivity contribution in [2.45, 2.75) is 46.7 Å². The molecule has 1 atom stereocenters. The molecule has 5 N–H and O–H groups in total. The Labute approximate surface area is 202 Å². The fraction of sp³-hybridized carbons (Fsp3) is 0.296. The number of hydrogen-bond donors (Lipinski definition) is 4. The Morgan fingerprint density at radius 3 is 2.06 bits per heavy atom. The van der Waals surface area contributed by atoms with Crippen molar-refractivity contribution in [2.75, 3.05) is 6.54 Å². The van der Waals surface area contributed by atoms with Crippen molar-refractivity contribution < 1.29 is 0 Å². The summed E-state index contributed by atoms with van der Waals surface area (Å²) in [5.74, 6) is 1.72. The molecule has 4 aromatic rings. The van der Waals surface area contributed by atoms with Gasteiger partial charge in [0.05, 0.1) is 42.1 Å². The van der Waals surface area contributed by atoms with E-state index < -0.39 is 0 Å². The normalized spacial score (nSPS) is 11.0. The van der Waals surface area contributed by atoms with Crippen LogP contribution in [-0.2, 0) is 6.54 Å². The van der Waals surface area contributed by atoms with Crippen molar-refractivity contribution in [1.29, 1.82) is 0 Å². The second-order valence-electron chi connectivity index (χ2n) is 7.40. The van der Waals surface area contributed by atoms with Gasteiger partial charge in [-0.05, 0) is 37.6 Å². The van der Waals surface area contributed by atoms with E-state index in [2.05, 4.69) is 74.3 Å². The molecule has 0 bridgehead atoms. The van der Waals surface area contributed by atoms with Crippen molar-refractivity contribution >= 4 is 0 Å². The molecule has 0 spiro atoms. The van der Waals surface area contributed by atoms with Gasteiger partial charge in [0.1, 0.15) is 11.6 Å². The summed E-state index contributed by atoms with van der Waals surface area (Å²) >= 11 is 0. The van der Waals surface area contributed by atoms with E-state index in [9.17, 15) is 0 Å². The molecule has 0 aliphatic heterocycles. The summed E-state index contributed by atoms with van der Waals surface area (Å²) in [5.41, 5.74) is 11.9. The maximum atomic E-state index is 5.87. The van der Waals surface area contributed by atoms with Crippen LogP contribution in [0.4, 0.5) is 0 Å². The van der Waals surface area contributed by atoms with E-state index in [1.54, 1.807) is 6.20 Å². The average Bonchev–Trinajstić information content (AvgIpc) is 3.58. The number of terminal acetylenes is 1. The van der Waals surface area contributed by atoms with Crippen LogP contribution in [0.15, 0.2) is 55.0 Å². The Bertz CT molecular complexity index is 1120. The third-order valence-corrected chi connectivity index (χ3v) is 4.94. The fourth-order valence-corrected chi connectivity index (χ4v) is 3.24. The van der Waals surface area contributed by atoms with Crippen LogP contribution in [-0.4, -0.2) is 31.5 Å². The van der Waals surface area contributed by atoms with Gasteiger partial charge in [0.15, 0.2) is 0 Å². The lowest BCUT2D eigenvalue weighted by Crippen LogP contribution is -2.14. The Balaban J connectivity index is 0.000000970. The number of nitrogens with one attached hydrogen (secondary N) is 3.